The lowest BCUT2D eigenvalue weighted by atomic mass is 10.1. The molecule has 0 aromatic heterocycles. The molecular weight excluding hydrogens is 278 g/mol. The number of benzene rings is 2. The summed E-state index contributed by atoms with van der Waals surface area (Å²) in [5.74, 6) is -0.157. The summed E-state index contributed by atoms with van der Waals surface area (Å²) < 4.78 is 0. The molecule has 0 aliphatic carbocycles. The maximum Gasteiger partial charge on any atom is 0.318 e. The van der Waals surface area contributed by atoms with Gasteiger partial charge in [-0.1, -0.05) is 6.07 Å². The van der Waals surface area contributed by atoms with Crippen LogP contribution in [0.4, 0.5) is 16.2 Å². The molecule has 0 fully saturated rings. The third-order valence-electron chi connectivity index (χ3n) is 3.40. The van der Waals surface area contributed by atoms with Crippen molar-refractivity contribution in [3.63, 3.8) is 0 Å². The summed E-state index contributed by atoms with van der Waals surface area (Å²) >= 11 is 0. The summed E-state index contributed by atoms with van der Waals surface area (Å²) in [7, 11) is 1.55. The fraction of sp³-hybridized carbons (Fsp3) is 0.176. The highest BCUT2D eigenvalue weighted by Gasteiger charge is 2.07. The molecule has 0 radical (unpaired) electrons. The lowest BCUT2D eigenvalue weighted by molar-refractivity contribution is 0.102. The molecule has 0 aliphatic rings. The van der Waals surface area contributed by atoms with Crippen molar-refractivity contribution < 1.29 is 9.59 Å². The molecule has 0 unspecified atom stereocenters. The quantitative estimate of drug-likeness (QED) is 0.813. The lowest BCUT2D eigenvalue weighted by Crippen LogP contribution is -2.24. The summed E-state index contributed by atoms with van der Waals surface area (Å²) in [6.45, 7) is 3.99. The number of nitrogens with one attached hydrogen (secondary N) is 3. The average molecular weight is 297 g/mol. The second-order valence-corrected chi connectivity index (χ2v) is 5.03. The van der Waals surface area contributed by atoms with Gasteiger partial charge in [0.1, 0.15) is 0 Å². The van der Waals surface area contributed by atoms with E-state index >= 15 is 0 Å². The molecule has 0 heterocycles. The first kappa shape index (κ1) is 15.6. The van der Waals surface area contributed by atoms with Gasteiger partial charge in [0.05, 0.1) is 0 Å². The fourth-order valence-electron chi connectivity index (χ4n) is 1.92. The molecular formula is C17H19N3O2. The Labute approximate surface area is 129 Å². The Kier molecular flexibility index (Phi) is 4.78. The first-order chi connectivity index (χ1) is 10.5. The summed E-state index contributed by atoms with van der Waals surface area (Å²) in [4.78, 5) is 23.4. The Bertz CT molecular complexity index is 694. The molecule has 114 valence electrons. The normalized spacial score (nSPS) is 9.95. The van der Waals surface area contributed by atoms with E-state index in [2.05, 4.69) is 16.0 Å². The molecule has 0 atom stereocenters. The standard InChI is InChI=1S/C17H19N3O2/c1-11-4-5-13(10-12(11)2)16(21)19-14-6-8-15(9-7-14)20-17(22)18-3/h4-10H,1-3H3,(H,19,21)(H2,18,20,22). The van der Waals surface area contributed by atoms with Crippen molar-refractivity contribution in [3.8, 4) is 0 Å². The number of hydrogen-bond acceptors (Lipinski definition) is 2. The van der Waals surface area contributed by atoms with E-state index in [0.29, 0.717) is 16.9 Å². The van der Waals surface area contributed by atoms with E-state index in [1.54, 1.807) is 37.4 Å². The summed E-state index contributed by atoms with van der Waals surface area (Å²) in [6.07, 6.45) is 0. The van der Waals surface area contributed by atoms with E-state index < -0.39 is 0 Å². The SMILES string of the molecule is CNC(=O)Nc1ccc(NC(=O)c2ccc(C)c(C)c2)cc1. The number of amides is 3. The predicted octanol–water partition coefficient (Wildman–Crippen LogP) is 3.31. The van der Waals surface area contributed by atoms with E-state index in [0.717, 1.165) is 11.1 Å². The van der Waals surface area contributed by atoms with Crippen LogP contribution in [0.15, 0.2) is 42.5 Å². The molecule has 0 aliphatic heterocycles. The third kappa shape index (κ3) is 3.85. The Balaban J connectivity index is 2.05. The van der Waals surface area contributed by atoms with E-state index in [1.807, 2.05) is 26.0 Å². The Morgan fingerprint density at radius 2 is 1.41 bits per heavy atom. The van der Waals surface area contributed by atoms with Crippen LogP contribution in [0.5, 0.6) is 0 Å². The van der Waals surface area contributed by atoms with Gasteiger partial charge in [-0.3, -0.25) is 4.79 Å². The molecule has 5 heteroatoms. The van der Waals surface area contributed by atoms with Crippen LogP contribution >= 0.6 is 0 Å². The second-order valence-electron chi connectivity index (χ2n) is 5.03. The third-order valence-corrected chi connectivity index (χ3v) is 3.40. The molecule has 3 amide bonds. The number of carbonyl (C=O) groups excluding carboxylic acids is 2. The number of carbonyl (C=O) groups is 2. The van der Waals surface area contributed by atoms with Gasteiger partial charge in [0.2, 0.25) is 0 Å². The first-order valence-corrected chi connectivity index (χ1v) is 6.97. The fourth-order valence-corrected chi connectivity index (χ4v) is 1.92. The number of anilines is 2. The monoisotopic (exact) mass is 297 g/mol. The van der Waals surface area contributed by atoms with Crippen LogP contribution < -0.4 is 16.0 Å². The summed E-state index contributed by atoms with van der Waals surface area (Å²) in [6, 6.07) is 12.3. The highest BCUT2D eigenvalue weighted by Crippen LogP contribution is 2.16. The zero-order valence-corrected chi connectivity index (χ0v) is 12.9. The van der Waals surface area contributed by atoms with Crippen molar-refractivity contribution in [1.82, 2.24) is 5.32 Å². The van der Waals surface area contributed by atoms with Gasteiger partial charge in [-0.15, -0.1) is 0 Å². The highest BCUT2D eigenvalue weighted by molar-refractivity contribution is 6.04. The average Bonchev–Trinajstić information content (AvgIpc) is 2.51. The molecule has 22 heavy (non-hydrogen) atoms. The number of urea groups is 1. The van der Waals surface area contributed by atoms with Gasteiger partial charge in [0.15, 0.2) is 0 Å². The number of aryl methyl sites for hydroxylation is 2. The molecule has 2 rings (SSSR count). The Morgan fingerprint density at radius 1 is 0.818 bits per heavy atom. The van der Waals surface area contributed by atoms with Gasteiger partial charge >= 0.3 is 6.03 Å². The van der Waals surface area contributed by atoms with Crippen LogP contribution in [-0.4, -0.2) is 19.0 Å². The highest BCUT2D eigenvalue weighted by atomic mass is 16.2. The summed E-state index contributed by atoms with van der Waals surface area (Å²) in [5, 5.41) is 7.96. The minimum atomic E-state index is -0.285. The maximum absolute atomic E-state index is 12.2. The van der Waals surface area contributed by atoms with E-state index in [4.69, 9.17) is 0 Å². The van der Waals surface area contributed by atoms with Crippen molar-refractivity contribution in [3.05, 3.63) is 59.2 Å². The molecule has 0 saturated heterocycles. The smallest absolute Gasteiger partial charge is 0.318 e. The van der Waals surface area contributed by atoms with Gasteiger partial charge in [-0.05, 0) is 61.4 Å². The van der Waals surface area contributed by atoms with Gasteiger partial charge in [0, 0.05) is 24.0 Å². The van der Waals surface area contributed by atoms with Crippen LogP contribution in [0, 0.1) is 13.8 Å². The van der Waals surface area contributed by atoms with Gasteiger partial charge in [-0.2, -0.15) is 0 Å². The van der Waals surface area contributed by atoms with Gasteiger partial charge in [0.25, 0.3) is 5.91 Å². The van der Waals surface area contributed by atoms with Crippen molar-refractivity contribution in [2.75, 3.05) is 17.7 Å². The lowest BCUT2D eigenvalue weighted by Gasteiger charge is -2.09. The van der Waals surface area contributed by atoms with Crippen molar-refractivity contribution in [2.45, 2.75) is 13.8 Å². The molecule has 2 aromatic carbocycles. The predicted molar refractivity (Wildman–Crippen MR) is 88.4 cm³/mol. The number of rotatable bonds is 3. The van der Waals surface area contributed by atoms with Crippen molar-refractivity contribution in [1.29, 1.82) is 0 Å². The zero-order chi connectivity index (χ0) is 16.1. The van der Waals surface area contributed by atoms with Crippen LogP contribution in [0.2, 0.25) is 0 Å². The second kappa shape index (κ2) is 6.76. The molecule has 2 aromatic rings. The van der Waals surface area contributed by atoms with Gasteiger partial charge < -0.3 is 16.0 Å². The molecule has 0 saturated carbocycles. The molecule has 0 spiro atoms. The summed E-state index contributed by atoms with van der Waals surface area (Å²) in [5.41, 5.74) is 4.18. The Morgan fingerprint density at radius 3 is 1.95 bits per heavy atom. The van der Waals surface area contributed by atoms with Crippen LogP contribution in [0.3, 0.4) is 0 Å². The molecule has 0 bridgehead atoms. The first-order valence-electron chi connectivity index (χ1n) is 6.97. The van der Waals surface area contributed by atoms with Crippen LogP contribution in [0.1, 0.15) is 21.5 Å². The van der Waals surface area contributed by atoms with E-state index in [1.165, 1.54) is 0 Å². The van der Waals surface area contributed by atoms with E-state index in [-0.39, 0.29) is 11.9 Å². The molecule has 3 N–H and O–H groups in total. The Hall–Kier alpha value is -2.82. The minimum absolute atomic E-state index is 0.157. The topological polar surface area (TPSA) is 70.2 Å². The zero-order valence-electron chi connectivity index (χ0n) is 12.9. The van der Waals surface area contributed by atoms with E-state index in [9.17, 15) is 9.59 Å². The number of hydrogen-bond donors (Lipinski definition) is 3. The van der Waals surface area contributed by atoms with Crippen LogP contribution in [0.25, 0.3) is 0 Å². The van der Waals surface area contributed by atoms with Crippen molar-refractivity contribution >= 4 is 23.3 Å². The molecule has 5 nitrogen and oxygen atoms in total. The minimum Gasteiger partial charge on any atom is -0.341 e. The maximum atomic E-state index is 12.2. The van der Waals surface area contributed by atoms with Crippen LogP contribution in [-0.2, 0) is 0 Å². The van der Waals surface area contributed by atoms with Crippen molar-refractivity contribution in [2.24, 2.45) is 0 Å². The van der Waals surface area contributed by atoms with Gasteiger partial charge in [-0.25, -0.2) is 4.79 Å². The largest absolute Gasteiger partial charge is 0.341 e.